The van der Waals surface area contributed by atoms with Crippen LogP contribution in [0.5, 0.6) is 0 Å². The van der Waals surface area contributed by atoms with Crippen LogP contribution in [0.1, 0.15) is 51.1 Å². The van der Waals surface area contributed by atoms with Gasteiger partial charge in [-0.1, -0.05) is 45.1 Å². The molecule has 0 unspecified atom stereocenters. The Bertz CT molecular complexity index is 555. The van der Waals surface area contributed by atoms with Crippen molar-refractivity contribution in [2.45, 2.75) is 52.0 Å². The van der Waals surface area contributed by atoms with Crippen LogP contribution in [0, 0.1) is 6.07 Å². The highest BCUT2D eigenvalue weighted by atomic mass is 16.4. The lowest BCUT2D eigenvalue weighted by molar-refractivity contribution is -0.345. The first kappa shape index (κ1) is 28.5. The summed E-state index contributed by atoms with van der Waals surface area (Å²) >= 11 is 0. The molecule has 165 valence electrons. The predicted octanol–water partition coefficient (Wildman–Crippen LogP) is -0.948. The summed E-state index contributed by atoms with van der Waals surface area (Å²) in [5.41, 5.74) is 1.04. The zero-order valence-corrected chi connectivity index (χ0v) is 17.7. The van der Waals surface area contributed by atoms with Gasteiger partial charge in [0.25, 0.3) is 0 Å². The molecule has 0 aliphatic carbocycles. The van der Waals surface area contributed by atoms with E-state index in [-0.39, 0.29) is 0 Å². The molecule has 29 heavy (non-hydrogen) atoms. The number of aliphatic carboxylic acids is 2. The summed E-state index contributed by atoms with van der Waals surface area (Å²) in [7, 11) is 4.99. The van der Waals surface area contributed by atoms with E-state index in [1.807, 2.05) is 18.3 Å². The zero-order valence-electron chi connectivity index (χ0n) is 17.7. The van der Waals surface area contributed by atoms with Crippen LogP contribution in [0.25, 0.3) is 0 Å². The number of aromatic nitrogens is 1. The molecule has 1 heterocycles. The summed E-state index contributed by atoms with van der Waals surface area (Å²) in [6.45, 7) is 4.34. The highest BCUT2D eigenvalue weighted by Gasteiger charge is 2.00. The van der Waals surface area contributed by atoms with Gasteiger partial charge < -0.3 is 39.5 Å². The van der Waals surface area contributed by atoms with Gasteiger partial charge in [-0.2, -0.15) is 0 Å². The normalized spacial score (nSPS) is 9.55. The summed E-state index contributed by atoms with van der Waals surface area (Å²) in [5.74, 6) is -4.37. The van der Waals surface area contributed by atoms with Gasteiger partial charge in [0, 0.05) is 32.9 Å². The van der Waals surface area contributed by atoms with E-state index in [9.17, 15) is 9.90 Å². The highest BCUT2D eigenvalue weighted by Crippen LogP contribution is 2.06. The molecular formula is C20H31N3O6-3. The van der Waals surface area contributed by atoms with Gasteiger partial charge in [-0.25, -0.2) is 0 Å². The Kier molecular flexibility index (Phi) is 18.4. The van der Waals surface area contributed by atoms with Crippen LogP contribution in [0.2, 0.25) is 0 Å². The minimum atomic E-state index is -2.19. The molecular weight excluding hydrogens is 378 g/mol. The minimum absolute atomic E-state index is 0.912. The highest BCUT2D eigenvalue weighted by molar-refractivity contribution is 6.25. The van der Waals surface area contributed by atoms with Crippen molar-refractivity contribution in [3.05, 3.63) is 30.1 Å². The molecule has 0 aliphatic heterocycles. The maximum atomic E-state index is 9.51. The number of hydrogen-bond donors (Lipinski definition) is 0. The van der Waals surface area contributed by atoms with Crippen molar-refractivity contribution in [3.8, 4) is 0 Å². The van der Waals surface area contributed by atoms with Crippen molar-refractivity contribution < 1.29 is 29.7 Å². The molecule has 1 radical (unpaired) electrons. The Labute approximate surface area is 173 Å². The number of carboxylic acid groups (broad SMARTS) is 3. The van der Waals surface area contributed by atoms with Gasteiger partial charge in [0.05, 0.1) is 17.6 Å². The van der Waals surface area contributed by atoms with Gasteiger partial charge in [-0.15, -0.1) is 0 Å². The van der Waals surface area contributed by atoms with Crippen molar-refractivity contribution in [2.75, 3.05) is 27.7 Å². The van der Waals surface area contributed by atoms with Crippen LogP contribution in [-0.2, 0) is 16.1 Å². The third-order valence-electron chi connectivity index (χ3n) is 3.51. The van der Waals surface area contributed by atoms with Gasteiger partial charge in [0.15, 0.2) is 0 Å². The van der Waals surface area contributed by atoms with Crippen molar-refractivity contribution >= 4 is 18.0 Å². The second kappa shape index (κ2) is 18.7. The molecule has 0 saturated heterocycles. The van der Waals surface area contributed by atoms with Gasteiger partial charge in [-0.05, 0) is 26.1 Å². The number of carbonyl (C=O) groups excluding carboxylic acids is 3. The molecule has 0 bridgehead atoms. The summed E-state index contributed by atoms with van der Waals surface area (Å²) in [4.78, 5) is 35.0. The van der Waals surface area contributed by atoms with Crippen LogP contribution in [0.15, 0.2) is 18.3 Å². The second-order valence-electron chi connectivity index (χ2n) is 6.47. The van der Waals surface area contributed by atoms with E-state index in [1.165, 1.54) is 52.6 Å². The quantitative estimate of drug-likeness (QED) is 0.376. The fourth-order valence-electron chi connectivity index (χ4n) is 1.94. The monoisotopic (exact) mass is 409 g/mol. The van der Waals surface area contributed by atoms with Crippen LogP contribution in [0.3, 0.4) is 0 Å². The standard InChI is InChI=1S/C15H25N2.C3H7NO2.C2H2O4/c1-3-4-5-6-7-10-13-17(2)14-15-11-8-9-12-16-15;1-4(2)3(5)6;3-1(4)2(5)6/h8-9,12H,3-7,10,13-14H2,1-2H3;1-2H3,(H,5,6);(H,3,4)(H,5,6)/p-3. The Hall–Kier alpha value is -2.68. The van der Waals surface area contributed by atoms with Crippen LogP contribution < -0.4 is 15.3 Å². The van der Waals surface area contributed by atoms with E-state index in [0.717, 1.165) is 23.7 Å². The zero-order chi connectivity index (χ0) is 22.7. The third kappa shape index (κ3) is 21.5. The largest absolute Gasteiger partial charge is 0.543 e. The van der Waals surface area contributed by atoms with E-state index in [2.05, 4.69) is 29.9 Å². The number of rotatable bonds is 9. The molecule has 9 nitrogen and oxygen atoms in total. The number of hydrogen-bond acceptors (Lipinski definition) is 8. The SMILES string of the molecule is CCCCCCCCN(C)Cc1[c]cccn1.CN(C)C(=O)[O-].O=C([O-])C(=O)[O-]. The Morgan fingerprint density at radius 2 is 1.48 bits per heavy atom. The first-order chi connectivity index (χ1) is 13.6. The lowest BCUT2D eigenvalue weighted by Crippen LogP contribution is -2.42. The molecule has 0 N–H and O–H groups in total. The number of amides is 1. The van der Waals surface area contributed by atoms with Crippen LogP contribution in [0.4, 0.5) is 4.79 Å². The topological polar surface area (TPSA) is 140 Å². The summed E-state index contributed by atoms with van der Waals surface area (Å²) in [5, 5.41) is 27.4. The van der Waals surface area contributed by atoms with Gasteiger partial charge in [0.2, 0.25) is 0 Å². The second-order valence-corrected chi connectivity index (χ2v) is 6.47. The van der Waals surface area contributed by atoms with E-state index >= 15 is 0 Å². The molecule has 0 aromatic carbocycles. The Balaban J connectivity index is 0. The van der Waals surface area contributed by atoms with E-state index in [1.54, 1.807) is 0 Å². The van der Waals surface area contributed by atoms with Gasteiger partial charge in [-0.3, -0.25) is 4.98 Å². The molecule has 1 amide bonds. The molecule has 1 aromatic rings. The third-order valence-corrected chi connectivity index (χ3v) is 3.51. The Morgan fingerprint density at radius 1 is 0.966 bits per heavy atom. The molecule has 0 spiro atoms. The number of nitrogens with zero attached hydrogens (tertiary/aromatic N) is 3. The summed E-state index contributed by atoms with van der Waals surface area (Å²) in [6, 6.07) is 7.01. The lowest BCUT2D eigenvalue weighted by Gasteiger charge is -2.15. The molecule has 0 saturated carbocycles. The first-order valence-electron chi connectivity index (χ1n) is 9.42. The summed E-state index contributed by atoms with van der Waals surface area (Å²) in [6.07, 6.45) is 8.84. The van der Waals surface area contributed by atoms with Crippen molar-refractivity contribution in [2.24, 2.45) is 0 Å². The van der Waals surface area contributed by atoms with Gasteiger partial charge in [0.1, 0.15) is 6.09 Å². The average molecular weight is 409 g/mol. The van der Waals surface area contributed by atoms with Gasteiger partial charge >= 0.3 is 0 Å². The molecule has 1 aromatic heterocycles. The predicted molar refractivity (Wildman–Crippen MR) is 102 cm³/mol. The maximum Gasteiger partial charge on any atom is 0.136 e. The van der Waals surface area contributed by atoms with E-state index in [0.29, 0.717) is 0 Å². The van der Waals surface area contributed by atoms with Crippen LogP contribution in [-0.4, -0.2) is 60.5 Å². The average Bonchev–Trinajstić information content (AvgIpc) is 2.66. The van der Waals surface area contributed by atoms with Crippen LogP contribution >= 0.6 is 0 Å². The van der Waals surface area contributed by atoms with Crippen molar-refractivity contribution in [3.63, 3.8) is 0 Å². The summed E-state index contributed by atoms with van der Waals surface area (Å²) < 4.78 is 0. The van der Waals surface area contributed by atoms with Crippen molar-refractivity contribution in [1.29, 1.82) is 0 Å². The molecule has 9 heteroatoms. The van der Waals surface area contributed by atoms with E-state index in [4.69, 9.17) is 19.8 Å². The number of carboxylic acids is 2. The fourth-order valence-corrected chi connectivity index (χ4v) is 1.94. The van der Waals surface area contributed by atoms with E-state index < -0.39 is 18.0 Å². The van der Waals surface area contributed by atoms with Crippen molar-refractivity contribution in [1.82, 2.24) is 14.8 Å². The first-order valence-corrected chi connectivity index (χ1v) is 9.42. The maximum absolute atomic E-state index is 9.51. The molecule has 1 rings (SSSR count). The number of unbranched alkanes of at least 4 members (excludes halogenated alkanes) is 5. The smallest absolute Gasteiger partial charge is 0.136 e. The number of pyridine rings is 1. The fraction of sp³-hybridized carbons (Fsp3) is 0.600. The lowest BCUT2D eigenvalue weighted by atomic mass is 10.1. The minimum Gasteiger partial charge on any atom is -0.543 e. The molecule has 0 atom stereocenters. The molecule has 0 aliphatic rings. The number of carbonyl (C=O) groups is 3. The Morgan fingerprint density at radius 3 is 1.90 bits per heavy atom. The molecule has 0 fully saturated rings.